The fraction of sp³-hybridized carbons (Fsp3) is 0.852. The molecule has 2 rings (SSSR count). The molecule has 2 heterocycles. The minimum absolute atomic E-state index is 0.0540. The van der Waals surface area contributed by atoms with Crippen LogP contribution in [0, 0.1) is 10.8 Å². The van der Waals surface area contributed by atoms with E-state index in [2.05, 4.69) is 0 Å². The van der Waals surface area contributed by atoms with Gasteiger partial charge in [-0.15, -0.1) is 0 Å². The zero-order valence-corrected chi connectivity index (χ0v) is 24.4. The summed E-state index contributed by atoms with van der Waals surface area (Å²) in [5, 5.41) is 0. The third-order valence-corrected chi connectivity index (χ3v) is 7.61. The number of hydrogen-bond donors (Lipinski definition) is 0. The quantitative estimate of drug-likeness (QED) is 0.304. The molecule has 10 nitrogen and oxygen atoms in total. The normalized spacial score (nSPS) is 29.6. The lowest BCUT2D eigenvalue weighted by Crippen LogP contribution is -2.53. The fourth-order valence-electron chi connectivity index (χ4n) is 3.69. The third kappa shape index (κ3) is 7.66. The number of methoxy groups -OCH3 is 2. The average Bonchev–Trinajstić information content (AvgIpc) is 3.18. The molecule has 214 valence electrons. The second kappa shape index (κ2) is 12.1. The molecule has 4 atom stereocenters. The molecule has 0 spiro atoms. The van der Waals surface area contributed by atoms with E-state index in [1.165, 1.54) is 14.2 Å². The summed E-state index contributed by atoms with van der Waals surface area (Å²) >= 11 is 0. The molecule has 0 amide bonds. The Labute approximate surface area is 221 Å². The number of rotatable bonds is 10. The molecule has 37 heavy (non-hydrogen) atoms. The van der Waals surface area contributed by atoms with Crippen molar-refractivity contribution in [3.63, 3.8) is 0 Å². The van der Waals surface area contributed by atoms with E-state index < -0.39 is 33.7 Å². The van der Waals surface area contributed by atoms with Gasteiger partial charge < -0.3 is 28.4 Å². The van der Waals surface area contributed by atoms with Crippen LogP contribution in [0.1, 0.15) is 88.0 Å². The van der Waals surface area contributed by atoms with Gasteiger partial charge in [0, 0.05) is 14.2 Å². The summed E-state index contributed by atoms with van der Waals surface area (Å²) in [5.41, 5.74) is -3.96. The Morgan fingerprint density at radius 2 is 1.38 bits per heavy atom. The predicted molar refractivity (Wildman–Crippen MR) is 135 cm³/mol. The van der Waals surface area contributed by atoms with E-state index in [4.69, 9.17) is 28.4 Å². The molecular formula is C27H46O10. The van der Waals surface area contributed by atoms with E-state index in [0.717, 1.165) is 0 Å². The first-order valence-electron chi connectivity index (χ1n) is 12.7. The van der Waals surface area contributed by atoms with Crippen LogP contribution in [-0.2, 0) is 47.6 Å². The number of hydrogen-bond acceptors (Lipinski definition) is 10. The summed E-state index contributed by atoms with van der Waals surface area (Å²) in [6.07, 6.45) is 0.902. The molecule has 0 aromatic heterocycles. The number of cyclic esters (lactones) is 2. The molecule has 0 N–H and O–H groups in total. The molecular weight excluding hydrogens is 484 g/mol. The highest BCUT2D eigenvalue weighted by Crippen LogP contribution is 2.41. The van der Waals surface area contributed by atoms with Crippen molar-refractivity contribution in [2.45, 2.75) is 111 Å². The van der Waals surface area contributed by atoms with Gasteiger partial charge in [0.15, 0.2) is 22.9 Å². The highest BCUT2D eigenvalue weighted by molar-refractivity contribution is 5.80. The van der Waals surface area contributed by atoms with E-state index >= 15 is 0 Å². The Balaban J connectivity index is 0.000000371. The molecule has 0 aromatic rings. The molecule has 10 heteroatoms. The lowest BCUT2D eigenvalue weighted by Gasteiger charge is -2.38. The second-order valence-corrected chi connectivity index (χ2v) is 11.7. The highest BCUT2D eigenvalue weighted by atomic mass is 16.6. The average molecular weight is 531 g/mol. The molecule has 2 fully saturated rings. The minimum atomic E-state index is -0.996. The number of carbonyl (C=O) groups excluding carboxylic acids is 4. The Morgan fingerprint density at radius 3 is 1.86 bits per heavy atom. The standard InChI is InChI=1S/C14H24O5.C13H22O5/c1-7-12(2,3)11(16)19-13(4)8-10(15)18-14(13,5)9-17-6;1-6-12(2,3)11(15)17-9-7-10(14)18-13(9,4)8-16-5/h7-9H2,1-6H3;9H,6-8H2,1-5H3. The van der Waals surface area contributed by atoms with E-state index in [0.29, 0.717) is 12.8 Å². The van der Waals surface area contributed by atoms with Crippen LogP contribution in [0.2, 0.25) is 0 Å². The topological polar surface area (TPSA) is 124 Å². The smallest absolute Gasteiger partial charge is 0.312 e. The molecule has 0 bridgehead atoms. The van der Waals surface area contributed by atoms with Crippen molar-refractivity contribution >= 4 is 23.9 Å². The summed E-state index contributed by atoms with van der Waals surface area (Å²) in [7, 11) is 3.04. The maximum Gasteiger partial charge on any atom is 0.312 e. The zero-order valence-electron chi connectivity index (χ0n) is 24.4. The van der Waals surface area contributed by atoms with Gasteiger partial charge in [-0.1, -0.05) is 13.8 Å². The first-order chi connectivity index (χ1) is 16.8. The van der Waals surface area contributed by atoms with Crippen LogP contribution < -0.4 is 0 Å². The van der Waals surface area contributed by atoms with Gasteiger partial charge in [0.05, 0.1) is 36.9 Å². The number of carbonyl (C=O) groups is 4. The summed E-state index contributed by atoms with van der Waals surface area (Å²) < 4.78 is 31.7. The summed E-state index contributed by atoms with van der Waals surface area (Å²) in [6.45, 7) is 16.7. The number of ether oxygens (including phenoxy) is 6. The summed E-state index contributed by atoms with van der Waals surface area (Å²) in [4.78, 5) is 47.2. The Morgan fingerprint density at radius 1 is 0.865 bits per heavy atom. The van der Waals surface area contributed by atoms with Gasteiger partial charge in [0.2, 0.25) is 0 Å². The fourth-order valence-corrected chi connectivity index (χ4v) is 3.69. The molecule has 4 unspecified atom stereocenters. The first-order valence-corrected chi connectivity index (χ1v) is 12.7. The monoisotopic (exact) mass is 530 g/mol. The molecule has 0 aliphatic carbocycles. The minimum Gasteiger partial charge on any atom is -0.457 e. The van der Waals surface area contributed by atoms with Crippen LogP contribution >= 0.6 is 0 Å². The molecule has 0 aromatic carbocycles. The van der Waals surface area contributed by atoms with Crippen molar-refractivity contribution in [2.24, 2.45) is 10.8 Å². The van der Waals surface area contributed by atoms with Gasteiger partial charge in [-0.3, -0.25) is 19.2 Å². The molecule has 0 radical (unpaired) electrons. The van der Waals surface area contributed by atoms with E-state index in [1.807, 2.05) is 41.5 Å². The van der Waals surface area contributed by atoms with Crippen LogP contribution in [0.5, 0.6) is 0 Å². The lowest BCUT2D eigenvalue weighted by atomic mass is 9.84. The Bertz CT molecular complexity index is 850. The van der Waals surface area contributed by atoms with Crippen molar-refractivity contribution in [3.8, 4) is 0 Å². The Kier molecular flexibility index (Phi) is 10.7. The summed E-state index contributed by atoms with van der Waals surface area (Å²) in [5.74, 6) is -1.36. The SMILES string of the molecule is CCC(C)(C)C(=O)OC1(C)CC(=O)OC1(C)COC.CCC(C)(C)C(=O)OC1CC(=O)OC1(C)COC. The summed E-state index contributed by atoms with van der Waals surface area (Å²) in [6, 6.07) is 0. The zero-order chi connectivity index (χ0) is 28.9. The molecule has 2 aliphatic rings. The second-order valence-electron chi connectivity index (χ2n) is 11.7. The van der Waals surface area contributed by atoms with Crippen molar-refractivity contribution in [1.82, 2.24) is 0 Å². The van der Waals surface area contributed by atoms with Crippen LogP contribution in [-0.4, -0.2) is 74.2 Å². The van der Waals surface area contributed by atoms with Crippen molar-refractivity contribution in [3.05, 3.63) is 0 Å². The maximum absolute atomic E-state index is 12.2. The molecule has 2 saturated heterocycles. The van der Waals surface area contributed by atoms with E-state index in [1.54, 1.807) is 20.8 Å². The lowest BCUT2D eigenvalue weighted by molar-refractivity contribution is -0.194. The van der Waals surface area contributed by atoms with Crippen LogP contribution in [0.3, 0.4) is 0 Å². The maximum atomic E-state index is 12.2. The largest absolute Gasteiger partial charge is 0.457 e. The van der Waals surface area contributed by atoms with Crippen molar-refractivity contribution < 1.29 is 47.6 Å². The molecule has 2 aliphatic heterocycles. The third-order valence-electron chi connectivity index (χ3n) is 7.61. The first kappa shape index (κ1) is 32.8. The van der Waals surface area contributed by atoms with Gasteiger partial charge in [-0.05, 0) is 61.3 Å². The van der Waals surface area contributed by atoms with E-state index in [-0.39, 0.29) is 49.9 Å². The number of esters is 4. The van der Waals surface area contributed by atoms with Gasteiger partial charge in [0.1, 0.15) is 0 Å². The van der Waals surface area contributed by atoms with Crippen molar-refractivity contribution in [1.29, 1.82) is 0 Å². The van der Waals surface area contributed by atoms with Crippen LogP contribution in [0.15, 0.2) is 0 Å². The van der Waals surface area contributed by atoms with Gasteiger partial charge in [0.25, 0.3) is 0 Å². The highest BCUT2D eigenvalue weighted by Gasteiger charge is 2.59. The van der Waals surface area contributed by atoms with Gasteiger partial charge in [-0.2, -0.15) is 0 Å². The van der Waals surface area contributed by atoms with Crippen LogP contribution in [0.4, 0.5) is 0 Å². The van der Waals surface area contributed by atoms with Gasteiger partial charge >= 0.3 is 23.9 Å². The van der Waals surface area contributed by atoms with Gasteiger partial charge in [-0.25, -0.2) is 0 Å². The Hall–Kier alpha value is -2.20. The van der Waals surface area contributed by atoms with E-state index in [9.17, 15) is 19.2 Å². The van der Waals surface area contributed by atoms with Crippen LogP contribution in [0.25, 0.3) is 0 Å². The molecule has 0 saturated carbocycles. The van der Waals surface area contributed by atoms with Crippen molar-refractivity contribution in [2.75, 3.05) is 27.4 Å². The predicted octanol–water partition coefficient (Wildman–Crippen LogP) is 3.76.